The summed E-state index contributed by atoms with van der Waals surface area (Å²) >= 11 is 0. The molecule has 0 aromatic rings. The molecule has 0 N–H and O–H groups in total. The first-order valence-electron chi connectivity index (χ1n) is 6.61. The highest BCUT2D eigenvalue weighted by Crippen LogP contribution is 2.43. The number of carbonyl (C=O) groups excluding carboxylic acids is 2. The summed E-state index contributed by atoms with van der Waals surface area (Å²) in [6.07, 6.45) is 2.98. The van der Waals surface area contributed by atoms with Crippen LogP contribution in [0.25, 0.3) is 0 Å². The van der Waals surface area contributed by atoms with Gasteiger partial charge in [0, 0.05) is 25.9 Å². The molecule has 0 aromatic heterocycles. The Kier molecular flexibility index (Phi) is 3.69. The molecule has 2 saturated carbocycles. The van der Waals surface area contributed by atoms with Gasteiger partial charge in [-0.1, -0.05) is 0 Å². The Morgan fingerprint density at radius 3 is 2.24 bits per heavy atom. The predicted octanol–water partition coefficient (Wildman–Crippen LogP) is 2.22. The van der Waals surface area contributed by atoms with Gasteiger partial charge >= 0.3 is 6.09 Å². The van der Waals surface area contributed by atoms with Crippen LogP contribution in [0.1, 0.15) is 39.5 Å². The van der Waals surface area contributed by atoms with Crippen molar-refractivity contribution in [2.45, 2.75) is 45.6 Å². The van der Waals surface area contributed by atoms with Crippen LogP contribution in [0.2, 0.25) is 0 Å². The molecule has 17 heavy (non-hydrogen) atoms. The van der Waals surface area contributed by atoms with Gasteiger partial charge in [-0.2, -0.15) is 0 Å². The van der Waals surface area contributed by atoms with E-state index >= 15 is 0 Å². The lowest BCUT2D eigenvalue weighted by Gasteiger charge is -2.21. The normalized spacial score (nSPS) is 31.4. The number of ketones is 1. The lowest BCUT2D eigenvalue weighted by molar-refractivity contribution is -0.118. The SMILES string of the molecule is CCN(CC)C(=O)O[C@H]1C[C@H]2CC(=O)C[C@H]2C1. The molecule has 4 nitrogen and oxygen atoms in total. The second-order valence-electron chi connectivity index (χ2n) is 5.12. The van der Waals surface area contributed by atoms with Crippen molar-refractivity contribution in [2.75, 3.05) is 13.1 Å². The zero-order valence-electron chi connectivity index (χ0n) is 10.6. The molecular weight excluding hydrogens is 218 g/mol. The lowest BCUT2D eigenvalue weighted by atomic mass is 10.0. The third kappa shape index (κ3) is 2.61. The highest BCUT2D eigenvalue weighted by molar-refractivity contribution is 5.81. The Balaban J connectivity index is 1.82. The largest absolute Gasteiger partial charge is 0.446 e. The molecule has 0 radical (unpaired) electrons. The van der Waals surface area contributed by atoms with E-state index in [1.165, 1.54) is 0 Å². The van der Waals surface area contributed by atoms with Crippen LogP contribution >= 0.6 is 0 Å². The van der Waals surface area contributed by atoms with Crippen molar-refractivity contribution in [3.63, 3.8) is 0 Å². The van der Waals surface area contributed by atoms with Gasteiger partial charge in [-0.3, -0.25) is 4.79 Å². The first kappa shape index (κ1) is 12.4. The minimum atomic E-state index is -0.202. The second kappa shape index (κ2) is 5.07. The second-order valence-corrected chi connectivity index (χ2v) is 5.12. The molecule has 0 saturated heterocycles. The summed E-state index contributed by atoms with van der Waals surface area (Å²) in [6, 6.07) is 0. The van der Waals surface area contributed by atoms with E-state index in [-0.39, 0.29) is 12.2 Å². The fourth-order valence-electron chi connectivity index (χ4n) is 3.12. The average molecular weight is 239 g/mol. The number of Topliss-reactive ketones (excluding diaryl/α,β-unsaturated/α-hetero) is 1. The highest BCUT2D eigenvalue weighted by atomic mass is 16.6. The quantitative estimate of drug-likeness (QED) is 0.758. The van der Waals surface area contributed by atoms with Gasteiger partial charge in [0.25, 0.3) is 0 Å². The van der Waals surface area contributed by atoms with Crippen LogP contribution < -0.4 is 0 Å². The average Bonchev–Trinajstić information content (AvgIpc) is 2.76. The molecule has 0 spiro atoms. The van der Waals surface area contributed by atoms with Gasteiger partial charge in [-0.05, 0) is 38.5 Å². The van der Waals surface area contributed by atoms with E-state index in [4.69, 9.17) is 4.74 Å². The van der Waals surface area contributed by atoms with Crippen molar-refractivity contribution in [3.8, 4) is 0 Å². The van der Waals surface area contributed by atoms with Gasteiger partial charge in [-0.25, -0.2) is 4.79 Å². The Hall–Kier alpha value is -1.06. The molecule has 2 fully saturated rings. The third-order valence-corrected chi connectivity index (χ3v) is 4.07. The maximum atomic E-state index is 11.8. The summed E-state index contributed by atoms with van der Waals surface area (Å²) in [5.41, 5.74) is 0. The van der Waals surface area contributed by atoms with Crippen molar-refractivity contribution in [1.29, 1.82) is 0 Å². The minimum absolute atomic E-state index is 0.0335. The standard InChI is InChI=1S/C13H21NO3/c1-3-14(4-2)13(16)17-12-7-9-5-11(15)6-10(9)8-12/h9-10,12H,3-8H2,1-2H3/t9-,10+,12+. The van der Waals surface area contributed by atoms with Gasteiger partial charge in [0.05, 0.1) is 0 Å². The lowest BCUT2D eigenvalue weighted by Crippen LogP contribution is -2.33. The summed E-state index contributed by atoms with van der Waals surface area (Å²) in [6.45, 7) is 5.28. The summed E-state index contributed by atoms with van der Waals surface area (Å²) in [7, 11) is 0. The number of nitrogens with zero attached hydrogens (tertiary/aromatic N) is 1. The van der Waals surface area contributed by atoms with E-state index < -0.39 is 0 Å². The fourth-order valence-corrected chi connectivity index (χ4v) is 3.12. The number of carbonyl (C=O) groups is 2. The zero-order chi connectivity index (χ0) is 12.4. The topological polar surface area (TPSA) is 46.6 Å². The van der Waals surface area contributed by atoms with Crippen molar-refractivity contribution in [3.05, 3.63) is 0 Å². The van der Waals surface area contributed by atoms with Gasteiger partial charge in [-0.15, -0.1) is 0 Å². The number of hydrogen-bond acceptors (Lipinski definition) is 3. The van der Waals surface area contributed by atoms with Crippen molar-refractivity contribution >= 4 is 11.9 Å². The Bertz CT molecular complexity index is 296. The van der Waals surface area contributed by atoms with Crippen LogP contribution in [0.4, 0.5) is 4.79 Å². The summed E-state index contributed by atoms with van der Waals surface area (Å²) in [4.78, 5) is 24.7. The van der Waals surface area contributed by atoms with Crippen LogP contribution in [0, 0.1) is 11.8 Å². The molecule has 2 aliphatic rings. The van der Waals surface area contributed by atoms with Crippen LogP contribution in [0.15, 0.2) is 0 Å². The third-order valence-electron chi connectivity index (χ3n) is 4.07. The van der Waals surface area contributed by atoms with Crippen molar-refractivity contribution in [2.24, 2.45) is 11.8 Å². The summed E-state index contributed by atoms with van der Waals surface area (Å²) in [5.74, 6) is 1.32. The van der Waals surface area contributed by atoms with E-state index in [2.05, 4.69) is 0 Å². The number of rotatable bonds is 3. The maximum Gasteiger partial charge on any atom is 0.410 e. The minimum Gasteiger partial charge on any atom is -0.446 e. The van der Waals surface area contributed by atoms with Crippen molar-refractivity contribution in [1.82, 2.24) is 4.90 Å². The van der Waals surface area contributed by atoms with Crippen LogP contribution in [-0.4, -0.2) is 36.0 Å². The number of fused-ring (bicyclic) bond motifs is 1. The van der Waals surface area contributed by atoms with E-state index in [1.807, 2.05) is 13.8 Å². The monoisotopic (exact) mass is 239 g/mol. The van der Waals surface area contributed by atoms with E-state index in [0.717, 1.165) is 12.8 Å². The molecule has 0 bridgehead atoms. The summed E-state index contributed by atoms with van der Waals surface area (Å²) < 4.78 is 5.50. The van der Waals surface area contributed by atoms with E-state index in [9.17, 15) is 9.59 Å². The Morgan fingerprint density at radius 2 is 1.76 bits per heavy atom. The number of amides is 1. The van der Waals surface area contributed by atoms with Gasteiger partial charge in [0.1, 0.15) is 11.9 Å². The molecule has 0 unspecified atom stereocenters. The molecule has 2 aliphatic carbocycles. The van der Waals surface area contributed by atoms with Crippen molar-refractivity contribution < 1.29 is 14.3 Å². The van der Waals surface area contributed by atoms with Crippen LogP contribution in [-0.2, 0) is 9.53 Å². The molecule has 4 heteroatoms. The van der Waals surface area contributed by atoms with Crippen LogP contribution in [0.3, 0.4) is 0 Å². The molecule has 1 amide bonds. The first-order chi connectivity index (χ1) is 8.13. The van der Waals surface area contributed by atoms with Gasteiger partial charge < -0.3 is 9.64 Å². The fraction of sp³-hybridized carbons (Fsp3) is 0.846. The maximum absolute atomic E-state index is 11.8. The zero-order valence-corrected chi connectivity index (χ0v) is 10.6. The van der Waals surface area contributed by atoms with Gasteiger partial charge in [0.2, 0.25) is 0 Å². The number of ether oxygens (including phenoxy) is 1. The Labute approximate surface area is 102 Å². The van der Waals surface area contributed by atoms with E-state index in [1.54, 1.807) is 4.90 Å². The van der Waals surface area contributed by atoms with Crippen LogP contribution in [0.5, 0.6) is 0 Å². The molecular formula is C13H21NO3. The molecule has 0 heterocycles. The molecule has 0 aromatic carbocycles. The number of hydrogen-bond donors (Lipinski definition) is 0. The smallest absolute Gasteiger partial charge is 0.410 e. The molecule has 3 atom stereocenters. The Morgan fingerprint density at radius 1 is 1.24 bits per heavy atom. The highest BCUT2D eigenvalue weighted by Gasteiger charge is 2.42. The van der Waals surface area contributed by atoms with Gasteiger partial charge in [0.15, 0.2) is 0 Å². The van der Waals surface area contributed by atoms with E-state index in [0.29, 0.717) is 43.6 Å². The molecule has 2 rings (SSSR count). The summed E-state index contributed by atoms with van der Waals surface area (Å²) in [5, 5.41) is 0. The molecule has 96 valence electrons. The molecule has 0 aliphatic heterocycles. The first-order valence-corrected chi connectivity index (χ1v) is 6.61. The predicted molar refractivity (Wildman–Crippen MR) is 63.6 cm³/mol.